The molecular weight excluding hydrogens is 281 g/mol. The van der Waals surface area contributed by atoms with E-state index in [1.807, 2.05) is 12.1 Å². The van der Waals surface area contributed by atoms with Gasteiger partial charge >= 0.3 is 0 Å². The Morgan fingerprint density at radius 3 is 2.87 bits per heavy atom. The van der Waals surface area contributed by atoms with Crippen LogP contribution in [0.25, 0.3) is 0 Å². The lowest BCUT2D eigenvalue weighted by Gasteiger charge is -2.17. The summed E-state index contributed by atoms with van der Waals surface area (Å²) in [6.07, 6.45) is -0.421. The number of rotatable bonds is 1. The molecule has 1 atom stereocenters. The van der Waals surface area contributed by atoms with Gasteiger partial charge < -0.3 is 10.0 Å². The van der Waals surface area contributed by atoms with Crippen molar-refractivity contribution < 1.29 is 9.90 Å². The van der Waals surface area contributed by atoms with Crippen molar-refractivity contribution in [3.63, 3.8) is 0 Å². The molecule has 1 unspecified atom stereocenters. The van der Waals surface area contributed by atoms with E-state index in [1.54, 1.807) is 6.07 Å². The van der Waals surface area contributed by atoms with Crippen LogP contribution in [-0.4, -0.2) is 23.7 Å². The molecule has 0 spiro atoms. The van der Waals surface area contributed by atoms with Crippen LogP contribution in [0.5, 0.6) is 0 Å². The first kappa shape index (κ1) is 10.9. The smallest absolute Gasteiger partial charge is 0.229 e. The van der Waals surface area contributed by atoms with Crippen LogP contribution in [0.1, 0.15) is 6.42 Å². The number of hydrogen-bond acceptors (Lipinski definition) is 2. The fraction of sp³-hybridized carbons (Fsp3) is 0.300. The molecule has 1 aliphatic rings. The highest BCUT2D eigenvalue weighted by atomic mass is 79.9. The number of aliphatic hydroxyl groups is 1. The van der Waals surface area contributed by atoms with E-state index < -0.39 is 6.10 Å². The Kier molecular flexibility index (Phi) is 3.00. The number of anilines is 1. The second-order valence-electron chi connectivity index (χ2n) is 3.44. The molecule has 80 valence electrons. The lowest BCUT2D eigenvalue weighted by molar-refractivity contribution is -0.117. The second kappa shape index (κ2) is 4.12. The quantitative estimate of drug-likeness (QED) is 0.861. The molecule has 0 bridgehead atoms. The molecule has 0 saturated carbocycles. The Hall–Kier alpha value is -0.580. The van der Waals surface area contributed by atoms with E-state index in [0.717, 1.165) is 4.47 Å². The van der Waals surface area contributed by atoms with E-state index in [2.05, 4.69) is 15.9 Å². The summed E-state index contributed by atoms with van der Waals surface area (Å²) in [5.74, 6) is -0.0949. The van der Waals surface area contributed by atoms with Crippen molar-refractivity contribution in [1.82, 2.24) is 0 Å². The third-order valence-electron chi connectivity index (χ3n) is 2.33. The van der Waals surface area contributed by atoms with Crippen molar-refractivity contribution in [2.45, 2.75) is 12.5 Å². The van der Waals surface area contributed by atoms with Gasteiger partial charge in [-0.2, -0.15) is 0 Å². The van der Waals surface area contributed by atoms with Gasteiger partial charge in [-0.05, 0) is 28.1 Å². The molecule has 1 aliphatic heterocycles. The van der Waals surface area contributed by atoms with Crippen LogP contribution in [0.2, 0.25) is 5.02 Å². The fourth-order valence-corrected chi connectivity index (χ4v) is 2.21. The summed E-state index contributed by atoms with van der Waals surface area (Å²) in [6.45, 7) is 0.314. The zero-order valence-electron chi connectivity index (χ0n) is 7.78. The molecule has 1 amide bonds. The standard InChI is InChI=1S/C10H9BrClNO2/c11-7-2-1-3-8(10(7)12)13-5-6(14)4-9(13)15/h1-3,6,14H,4-5H2. The zero-order chi connectivity index (χ0) is 11.0. The molecule has 1 aromatic rings. The van der Waals surface area contributed by atoms with Crippen molar-refractivity contribution in [3.05, 3.63) is 27.7 Å². The first-order valence-corrected chi connectivity index (χ1v) is 5.69. The van der Waals surface area contributed by atoms with Crippen LogP contribution < -0.4 is 4.90 Å². The van der Waals surface area contributed by atoms with Gasteiger partial charge in [-0.3, -0.25) is 4.79 Å². The highest BCUT2D eigenvalue weighted by molar-refractivity contribution is 9.10. The number of hydrogen-bond donors (Lipinski definition) is 1. The minimum atomic E-state index is -0.590. The van der Waals surface area contributed by atoms with Gasteiger partial charge in [0.05, 0.1) is 29.8 Å². The average molecular weight is 291 g/mol. The summed E-state index contributed by atoms with van der Waals surface area (Å²) in [5, 5.41) is 9.87. The fourth-order valence-electron chi connectivity index (χ4n) is 1.62. The number of amides is 1. The van der Waals surface area contributed by atoms with Crippen LogP contribution in [0.4, 0.5) is 5.69 Å². The van der Waals surface area contributed by atoms with E-state index in [4.69, 9.17) is 11.6 Å². The molecular formula is C10H9BrClNO2. The van der Waals surface area contributed by atoms with E-state index >= 15 is 0 Å². The van der Waals surface area contributed by atoms with Crippen molar-refractivity contribution >= 4 is 39.1 Å². The van der Waals surface area contributed by atoms with Gasteiger partial charge in [0, 0.05) is 4.47 Å². The number of carbonyl (C=O) groups excluding carboxylic acids is 1. The third kappa shape index (κ3) is 2.02. The molecule has 2 rings (SSSR count). The molecule has 1 fully saturated rings. The van der Waals surface area contributed by atoms with Gasteiger partial charge in [0.1, 0.15) is 0 Å². The zero-order valence-corrected chi connectivity index (χ0v) is 10.1. The largest absolute Gasteiger partial charge is 0.391 e. The summed E-state index contributed by atoms with van der Waals surface area (Å²) < 4.78 is 0.746. The topological polar surface area (TPSA) is 40.5 Å². The van der Waals surface area contributed by atoms with Gasteiger partial charge in [-0.15, -0.1) is 0 Å². The number of β-amino-alcohol motifs (C(OH)–C–C–N with tert-alkyl or cyclic N) is 1. The summed E-state index contributed by atoms with van der Waals surface area (Å²) >= 11 is 9.36. The highest BCUT2D eigenvalue weighted by Gasteiger charge is 2.30. The number of nitrogens with zero attached hydrogens (tertiary/aromatic N) is 1. The summed E-state index contributed by atoms with van der Waals surface area (Å²) in [4.78, 5) is 13.1. The van der Waals surface area contributed by atoms with Crippen molar-refractivity contribution in [1.29, 1.82) is 0 Å². The molecule has 3 nitrogen and oxygen atoms in total. The monoisotopic (exact) mass is 289 g/mol. The Balaban J connectivity index is 2.38. The SMILES string of the molecule is O=C1CC(O)CN1c1cccc(Br)c1Cl. The van der Waals surface area contributed by atoms with Crippen LogP contribution in [0.3, 0.4) is 0 Å². The normalized spacial score (nSPS) is 21.1. The lowest BCUT2D eigenvalue weighted by atomic mass is 10.3. The summed E-state index contributed by atoms with van der Waals surface area (Å²) in [6, 6.07) is 5.38. The first-order chi connectivity index (χ1) is 7.09. The highest BCUT2D eigenvalue weighted by Crippen LogP contribution is 2.34. The number of aliphatic hydroxyl groups excluding tert-OH is 1. The minimum Gasteiger partial charge on any atom is -0.391 e. The van der Waals surface area contributed by atoms with E-state index in [9.17, 15) is 9.90 Å². The molecule has 0 radical (unpaired) electrons. The second-order valence-corrected chi connectivity index (χ2v) is 4.67. The van der Waals surface area contributed by atoms with Crippen LogP contribution >= 0.6 is 27.5 Å². The lowest BCUT2D eigenvalue weighted by Crippen LogP contribution is -2.25. The molecule has 0 aromatic heterocycles. The Morgan fingerprint density at radius 1 is 1.53 bits per heavy atom. The van der Waals surface area contributed by atoms with Crippen molar-refractivity contribution in [3.8, 4) is 0 Å². The number of carbonyl (C=O) groups is 1. The van der Waals surface area contributed by atoms with E-state index in [0.29, 0.717) is 17.3 Å². The summed E-state index contributed by atoms with van der Waals surface area (Å²) in [7, 11) is 0. The maximum Gasteiger partial charge on any atom is 0.229 e. The van der Waals surface area contributed by atoms with Crippen LogP contribution in [0, 0.1) is 0 Å². The van der Waals surface area contributed by atoms with Gasteiger partial charge in [0.2, 0.25) is 5.91 Å². The third-order valence-corrected chi connectivity index (χ3v) is 3.61. The van der Waals surface area contributed by atoms with Gasteiger partial charge in [-0.25, -0.2) is 0 Å². The Morgan fingerprint density at radius 2 is 2.27 bits per heavy atom. The molecule has 5 heteroatoms. The molecule has 1 N–H and O–H groups in total. The maximum atomic E-state index is 11.5. The van der Waals surface area contributed by atoms with Gasteiger partial charge in [0.15, 0.2) is 0 Å². The molecule has 15 heavy (non-hydrogen) atoms. The van der Waals surface area contributed by atoms with Gasteiger partial charge in [-0.1, -0.05) is 17.7 Å². The maximum absolute atomic E-state index is 11.5. The minimum absolute atomic E-state index is 0.0949. The van der Waals surface area contributed by atoms with Crippen LogP contribution in [0.15, 0.2) is 22.7 Å². The average Bonchev–Trinajstić information content (AvgIpc) is 2.50. The number of halogens is 2. The van der Waals surface area contributed by atoms with Crippen molar-refractivity contribution in [2.24, 2.45) is 0 Å². The first-order valence-electron chi connectivity index (χ1n) is 4.52. The number of benzene rings is 1. The molecule has 1 heterocycles. The van der Waals surface area contributed by atoms with E-state index in [-0.39, 0.29) is 12.3 Å². The van der Waals surface area contributed by atoms with Crippen LogP contribution in [-0.2, 0) is 4.79 Å². The molecule has 1 saturated heterocycles. The molecule has 1 aromatic carbocycles. The predicted octanol–water partition coefficient (Wildman–Crippen LogP) is 2.20. The Bertz CT molecular complexity index is 410. The summed E-state index contributed by atoms with van der Waals surface area (Å²) in [5.41, 5.74) is 0.646. The Labute approximate surface area is 101 Å². The van der Waals surface area contributed by atoms with E-state index in [1.165, 1.54) is 4.90 Å². The molecule has 0 aliphatic carbocycles. The predicted molar refractivity (Wildman–Crippen MR) is 62.1 cm³/mol. The van der Waals surface area contributed by atoms with Gasteiger partial charge in [0.25, 0.3) is 0 Å². The van der Waals surface area contributed by atoms with Crippen molar-refractivity contribution in [2.75, 3.05) is 11.4 Å².